The van der Waals surface area contributed by atoms with Gasteiger partial charge < -0.3 is 60.8 Å². The predicted molar refractivity (Wildman–Crippen MR) is 262 cm³/mol. The van der Waals surface area contributed by atoms with Crippen LogP contribution in [0.25, 0.3) is 0 Å². The topological polar surface area (TPSA) is 186 Å². The Kier molecular flexibility index (Phi) is 28.7. The van der Waals surface area contributed by atoms with Gasteiger partial charge in [0, 0.05) is 18.1 Å². The zero-order chi connectivity index (χ0) is 40.0. The first kappa shape index (κ1) is 59.3. The van der Waals surface area contributed by atoms with Gasteiger partial charge in [0.05, 0.1) is 21.3 Å². The molecule has 0 saturated carbocycles. The zero-order valence-corrected chi connectivity index (χ0v) is 39.8. The second kappa shape index (κ2) is 30.4. The van der Waals surface area contributed by atoms with Crippen molar-refractivity contribution in [2.75, 3.05) is 60.8 Å². The van der Waals surface area contributed by atoms with Gasteiger partial charge in [-0.1, -0.05) is 57.2 Å². The maximum atomic E-state index is 6.05. The largest absolute Gasteiger partial charge is 0.493 e. The van der Waals surface area contributed by atoms with Crippen LogP contribution in [0, 0.1) is 5.92 Å². The van der Waals surface area contributed by atoms with E-state index >= 15 is 0 Å². The molecule has 0 radical (unpaired) electrons. The second-order valence-corrected chi connectivity index (χ2v) is 15.5. The van der Waals surface area contributed by atoms with Gasteiger partial charge in [0.1, 0.15) is 19.8 Å². The van der Waals surface area contributed by atoms with E-state index in [9.17, 15) is 0 Å². The van der Waals surface area contributed by atoms with Crippen LogP contribution in [0.3, 0.4) is 0 Å². The summed E-state index contributed by atoms with van der Waals surface area (Å²) in [5.41, 5.74) is 8.05. The maximum Gasteiger partial charge on any atom is 0.161 e. The van der Waals surface area contributed by atoms with E-state index in [1.807, 2.05) is 0 Å². The molecule has 0 bridgehead atoms. The standard InChI is InChI=1S/C48H65N3O6.3ClH.3H2O/c1-7-24-55-46-30-37-34(27-43(46)52-4)18-21-49-40(37)13-11-10-12-33(14-16-41-38-31-47(56-25-8-2)44(53-5)28-35(38)19-22-50-41)15-17-42-39-32-48(57-26-9-3)45(54-6)29-36(39)20-23-51-42;;;;;;/h7-9,27-33,40-42,49-51H,1-3,10-26H2,4-6H3;3*1H;3*1H2. The Balaban J connectivity index is 0.00000641. The smallest absolute Gasteiger partial charge is 0.161 e. The van der Waals surface area contributed by atoms with E-state index in [1.165, 1.54) is 46.2 Å². The summed E-state index contributed by atoms with van der Waals surface area (Å²) in [6.45, 7) is 15.8. The molecule has 3 atom stereocenters. The lowest BCUT2D eigenvalue weighted by molar-refractivity contribution is 0.312. The lowest BCUT2D eigenvalue weighted by atomic mass is 9.83. The summed E-state index contributed by atoms with van der Waals surface area (Å²) in [5, 5.41) is 11.5. The molecule has 0 amide bonds. The number of methoxy groups -OCH3 is 3. The summed E-state index contributed by atoms with van der Waals surface area (Å²) in [7, 11) is 5.14. The van der Waals surface area contributed by atoms with Gasteiger partial charge in [-0.05, 0) is 147 Å². The molecule has 3 heterocycles. The number of nitrogens with one attached hydrogen (secondary N) is 3. The van der Waals surface area contributed by atoms with Crippen LogP contribution in [0.15, 0.2) is 74.4 Å². The summed E-state index contributed by atoms with van der Waals surface area (Å²) >= 11 is 0. The van der Waals surface area contributed by atoms with Crippen molar-refractivity contribution in [3.05, 3.63) is 108 Å². The number of unbranched alkanes of at least 4 members (excludes halogenated alkanes) is 1. The fraction of sp³-hybridized carbons (Fsp3) is 0.500. The van der Waals surface area contributed by atoms with E-state index < -0.39 is 0 Å². The third-order valence-corrected chi connectivity index (χ3v) is 11.9. The Morgan fingerprint density at radius 3 is 1.14 bits per heavy atom. The van der Waals surface area contributed by atoms with E-state index in [1.54, 1.807) is 39.6 Å². The molecule has 356 valence electrons. The van der Waals surface area contributed by atoms with Gasteiger partial charge in [-0.15, -0.1) is 37.2 Å². The normalized spacial score (nSPS) is 17.1. The third kappa shape index (κ3) is 15.5. The van der Waals surface area contributed by atoms with Crippen LogP contribution in [0.1, 0.15) is 103 Å². The molecule has 0 saturated heterocycles. The monoisotopic (exact) mass is 941 g/mol. The Bertz CT molecular complexity index is 1750. The van der Waals surface area contributed by atoms with Crippen molar-refractivity contribution in [3.8, 4) is 34.5 Å². The van der Waals surface area contributed by atoms with Gasteiger partial charge in [-0.3, -0.25) is 0 Å². The van der Waals surface area contributed by atoms with Crippen LogP contribution in [-0.4, -0.2) is 77.2 Å². The molecule has 3 aromatic rings. The molecule has 3 aromatic carbocycles. The van der Waals surface area contributed by atoms with Crippen molar-refractivity contribution in [2.24, 2.45) is 5.92 Å². The minimum absolute atomic E-state index is 0. The minimum atomic E-state index is 0. The molecular formula is C48H74Cl3N3O9. The van der Waals surface area contributed by atoms with Gasteiger partial charge in [0.25, 0.3) is 0 Å². The molecule has 63 heavy (non-hydrogen) atoms. The number of halogens is 3. The van der Waals surface area contributed by atoms with Crippen LogP contribution in [0.4, 0.5) is 0 Å². The zero-order valence-electron chi connectivity index (χ0n) is 37.3. The molecule has 0 spiro atoms. The molecule has 0 aliphatic carbocycles. The van der Waals surface area contributed by atoms with Crippen molar-refractivity contribution in [3.63, 3.8) is 0 Å². The second-order valence-electron chi connectivity index (χ2n) is 15.5. The van der Waals surface area contributed by atoms with Gasteiger partial charge in [0.2, 0.25) is 0 Å². The third-order valence-electron chi connectivity index (χ3n) is 11.9. The van der Waals surface area contributed by atoms with E-state index in [0.29, 0.717) is 31.8 Å². The fourth-order valence-electron chi connectivity index (χ4n) is 9.00. The summed E-state index contributed by atoms with van der Waals surface area (Å²) in [5.74, 6) is 5.32. The molecule has 3 aliphatic heterocycles. The Hall–Kier alpha value is -3.69. The van der Waals surface area contributed by atoms with Crippen molar-refractivity contribution in [2.45, 2.75) is 88.8 Å². The Morgan fingerprint density at radius 2 is 0.825 bits per heavy atom. The van der Waals surface area contributed by atoms with Crippen LogP contribution in [0.5, 0.6) is 34.5 Å². The van der Waals surface area contributed by atoms with Crippen LogP contribution in [-0.2, 0) is 19.3 Å². The number of fused-ring (bicyclic) bond motifs is 3. The maximum absolute atomic E-state index is 6.05. The van der Waals surface area contributed by atoms with Gasteiger partial charge in [-0.2, -0.15) is 0 Å². The van der Waals surface area contributed by atoms with Crippen molar-refractivity contribution < 1.29 is 44.8 Å². The van der Waals surface area contributed by atoms with E-state index in [4.69, 9.17) is 28.4 Å². The van der Waals surface area contributed by atoms with Crippen molar-refractivity contribution in [1.29, 1.82) is 0 Å². The minimum Gasteiger partial charge on any atom is -0.493 e. The van der Waals surface area contributed by atoms with Crippen LogP contribution in [0.2, 0.25) is 0 Å². The molecule has 0 aromatic heterocycles. The molecule has 12 nitrogen and oxygen atoms in total. The molecule has 9 N–H and O–H groups in total. The molecule has 15 heteroatoms. The highest BCUT2D eigenvalue weighted by molar-refractivity contribution is 5.86. The van der Waals surface area contributed by atoms with Crippen LogP contribution < -0.4 is 44.4 Å². The summed E-state index contributed by atoms with van der Waals surface area (Å²) in [6, 6.07) is 14.0. The van der Waals surface area contributed by atoms with Crippen molar-refractivity contribution in [1.82, 2.24) is 16.0 Å². The molecule has 0 fully saturated rings. The van der Waals surface area contributed by atoms with Gasteiger partial charge >= 0.3 is 0 Å². The first-order valence-electron chi connectivity index (χ1n) is 21.0. The number of ether oxygens (including phenoxy) is 6. The average Bonchev–Trinajstić information content (AvgIpc) is 3.25. The Morgan fingerprint density at radius 1 is 0.492 bits per heavy atom. The van der Waals surface area contributed by atoms with Gasteiger partial charge in [0.15, 0.2) is 34.5 Å². The summed E-state index contributed by atoms with van der Waals surface area (Å²) < 4.78 is 35.2. The number of benzene rings is 3. The highest BCUT2D eigenvalue weighted by Crippen LogP contribution is 2.41. The highest BCUT2D eigenvalue weighted by atomic mass is 35.5. The SMILES string of the molecule is C=CCOc1cc2c(cc1OC)CCNC2CCCCC(CCC1NCCc2cc(OC)c(OCC=C)cc21)CCC1NCCc2cc(OC)c(OCC=C)cc21.Cl.Cl.Cl.O.O.O. The molecular weight excluding hydrogens is 869 g/mol. The lowest BCUT2D eigenvalue weighted by Crippen LogP contribution is -2.31. The quantitative estimate of drug-likeness (QED) is 0.0628. The van der Waals surface area contributed by atoms with Gasteiger partial charge in [-0.25, -0.2) is 0 Å². The summed E-state index contributed by atoms with van der Waals surface area (Å²) in [4.78, 5) is 0. The Labute approximate surface area is 394 Å². The highest BCUT2D eigenvalue weighted by Gasteiger charge is 2.27. The number of hydrogen-bond donors (Lipinski definition) is 3. The van der Waals surface area contributed by atoms with E-state index in [2.05, 4.69) is 72.1 Å². The van der Waals surface area contributed by atoms with Crippen molar-refractivity contribution >= 4 is 37.2 Å². The molecule has 3 unspecified atom stereocenters. The fourth-order valence-corrected chi connectivity index (χ4v) is 9.00. The average molecular weight is 943 g/mol. The lowest BCUT2D eigenvalue weighted by Gasteiger charge is -2.31. The molecule has 3 aliphatic rings. The molecule has 6 rings (SSSR count). The summed E-state index contributed by atoms with van der Waals surface area (Å²) in [6.07, 6.45) is 17.4. The van der Waals surface area contributed by atoms with E-state index in [-0.39, 0.29) is 65.7 Å². The number of hydrogen-bond acceptors (Lipinski definition) is 9. The van der Waals surface area contributed by atoms with Crippen LogP contribution >= 0.6 is 37.2 Å². The first-order chi connectivity index (χ1) is 28.0. The predicted octanol–water partition coefficient (Wildman–Crippen LogP) is 7.90. The van der Waals surface area contributed by atoms with E-state index in [0.717, 1.165) is 112 Å². The number of rotatable bonds is 23. The first-order valence-corrected chi connectivity index (χ1v) is 21.0.